The van der Waals surface area contributed by atoms with Crippen LogP contribution in [0.1, 0.15) is 37.3 Å². The van der Waals surface area contributed by atoms with Gasteiger partial charge in [-0.3, -0.25) is 9.59 Å². The minimum absolute atomic E-state index is 0.000460. The fourth-order valence-electron chi connectivity index (χ4n) is 2.92. The van der Waals surface area contributed by atoms with Crippen LogP contribution in [0, 0.1) is 11.8 Å². The van der Waals surface area contributed by atoms with Crippen LogP contribution >= 0.6 is 11.6 Å². The average molecular weight is 371 g/mol. The van der Waals surface area contributed by atoms with E-state index in [2.05, 4.69) is 10.6 Å². The summed E-state index contributed by atoms with van der Waals surface area (Å²) in [7, 11) is 0. The number of hydrogen-bond donors (Lipinski definition) is 2. The van der Waals surface area contributed by atoms with Crippen LogP contribution < -0.4 is 10.6 Å². The summed E-state index contributed by atoms with van der Waals surface area (Å²) in [6, 6.07) is 15.2. The standard InChI is InChI=1S/C21H23ClN2O2/c1-13(2)20(25)24-15-9-7-14(8-10-15)12-23-21(26)18-11-17(18)16-5-3-4-6-19(16)22/h3-10,13,17-18H,11-12H2,1-2H3,(H,23,26)(H,24,25). The number of nitrogens with one attached hydrogen (secondary N) is 2. The maximum Gasteiger partial charge on any atom is 0.226 e. The molecular formula is C21H23ClN2O2. The van der Waals surface area contributed by atoms with Crippen molar-refractivity contribution in [3.05, 3.63) is 64.7 Å². The van der Waals surface area contributed by atoms with E-state index < -0.39 is 0 Å². The molecule has 2 amide bonds. The molecule has 0 heterocycles. The highest BCUT2D eigenvalue weighted by Crippen LogP contribution is 2.49. The molecule has 2 aromatic carbocycles. The van der Waals surface area contributed by atoms with Crippen molar-refractivity contribution in [2.45, 2.75) is 32.7 Å². The van der Waals surface area contributed by atoms with Crippen molar-refractivity contribution in [3.8, 4) is 0 Å². The molecule has 0 saturated heterocycles. The Hall–Kier alpha value is -2.33. The van der Waals surface area contributed by atoms with Gasteiger partial charge in [0.2, 0.25) is 11.8 Å². The van der Waals surface area contributed by atoms with Gasteiger partial charge in [-0.05, 0) is 41.7 Å². The van der Waals surface area contributed by atoms with Crippen molar-refractivity contribution < 1.29 is 9.59 Å². The molecule has 0 bridgehead atoms. The van der Waals surface area contributed by atoms with Gasteiger partial charge < -0.3 is 10.6 Å². The Balaban J connectivity index is 1.50. The molecule has 2 unspecified atom stereocenters. The Morgan fingerprint density at radius 1 is 1.12 bits per heavy atom. The summed E-state index contributed by atoms with van der Waals surface area (Å²) in [5.41, 5.74) is 2.81. The first kappa shape index (κ1) is 18.5. The predicted molar refractivity (Wildman–Crippen MR) is 104 cm³/mol. The Bertz CT molecular complexity index is 802. The molecule has 1 aliphatic carbocycles. The van der Waals surface area contributed by atoms with Gasteiger partial charge in [-0.25, -0.2) is 0 Å². The zero-order valence-electron chi connectivity index (χ0n) is 15.0. The number of benzene rings is 2. The van der Waals surface area contributed by atoms with Crippen LogP contribution in [-0.2, 0) is 16.1 Å². The molecule has 0 aromatic heterocycles. The first-order valence-electron chi connectivity index (χ1n) is 8.87. The van der Waals surface area contributed by atoms with Crippen LogP contribution in [0.3, 0.4) is 0 Å². The fourth-order valence-corrected chi connectivity index (χ4v) is 3.19. The minimum Gasteiger partial charge on any atom is -0.352 e. The monoisotopic (exact) mass is 370 g/mol. The summed E-state index contributed by atoms with van der Waals surface area (Å²) in [6.07, 6.45) is 0.843. The summed E-state index contributed by atoms with van der Waals surface area (Å²) in [4.78, 5) is 24.0. The van der Waals surface area contributed by atoms with E-state index in [0.717, 1.165) is 28.3 Å². The topological polar surface area (TPSA) is 58.2 Å². The third-order valence-electron chi connectivity index (χ3n) is 4.64. The Morgan fingerprint density at radius 2 is 1.81 bits per heavy atom. The van der Waals surface area contributed by atoms with Gasteiger partial charge in [-0.2, -0.15) is 0 Å². The second-order valence-electron chi connectivity index (χ2n) is 7.03. The second kappa shape index (κ2) is 7.92. The summed E-state index contributed by atoms with van der Waals surface area (Å²) < 4.78 is 0. The van der Waals surface area contributed by atoms with E-state index in [9.17, 15) is 9.59 Å². The van der Waals surface area contributed by atoms with E-state index in [1.807, 2.05) is 62.4 Å². The normalized spacial score (nSPS) is 18.5. The van der Waals surface area contributed by atoms with E-state index in [-0.39, 0.29) is 29.6 Å². The number of hydrogen-bond acceptors (Lipinski definition) is 2. The number of halogens is 1. The molecule has 1 aliphatic rings. The lowest BCUT2D eigenvalue weighted by atomic mass is 10.1. The Kier molecular flexibility index (Phi) is 5.62. The number of anilines is 1. The Morgan fingerprint density at radius 3 is 2.46 bits per heavy atom. The highest BCUT2D eigenvalue weighted by molar-refractivity contribution is 6.31. The molecule has 0 spiro atoms. The van der Waals surface area contributed by atoms with Gasteiger partial charge in [0.25, 0.3) is 0 Å². The maximum atomic E-state index is 12.3. The van der Waals surface area contributed by atoms with Gasteiger partial charge in [-0.1, -0.05) is 55.8 Å². The number of amides is 2. The van der Waals surface area contributed by atoms with Gasteiger partial charge in [0.15, 0.2) is 0 Å². The highest BCUT2D eigenvalue weighted by Gasteiger charge is 2.44. The third kappa shape index (κ3) is 4.44. The molecular weight excluding hydrogens is 348 g/mol. The molecule has 5 heteroatoms. The van der Waals surface area contributed by atoms with Crippen LogP contribution in [-0.4, -0.2) is 11.8 Å². The van der Waals surface area contributed by atoms with Crippen LogP contribution in [0.5, 0.6) is 0 Å². The second-order valence-corrected chi connectivity index (χ2v) is 7.44. The summed E-state index contributed by atoms with van der Waals surface area (Å²) in [5.74, 6) is 0.216. The molecule has 26 heavy (non-hydrogen) atoms. The van der Waals surface area contributed by atoms with E-state index in [1.165, 1.54) is 0 Å². The lowest BCUT2D eigenvalue weighted by Crippen LogP contribution is -2.25. The minimum atomic E-state index is -0.0569. The highest BCUT2D eigenvalue weighted by atomic mass is 35.5. The Labute approximate surface area is 158 Å². The van der Waals surface area contributed by atoms with Gasteiger partial charge >= 0.3 is 0 Å². The number of carbonyl (C=O) groups is 2. The van der Waals surface area contributed by atoms with E-state index in [1.54, 1.807) is 0 Å². The summed E-state index contributed by atoms with van der Waals surface area (Å²) in [5, 5.41) is 6.57. The predicted octanol–water partition coefficient (Wildman–Crippen LogP) is 4.35. The summed E-state index contributed by atoms with van der Waals surface area (Å²) >= 11 is 6.21. The smallest absolute Gasteiger partial charge is 0.226 e. The lowest BCUT2D eigenvalue weighted by molar-refractivity contribution is -0.122. The molecule has 1 fully saturated rings. The van der Waals surface area contributed by atoms with Crippen molar-refractivity contribution in [1.29, 1.82) is 0 Å². The van der Waals surface area contributed by atoms with Crippen LogP contribution in [0.15, 0.2) is 48.5 Å². The molecule has 4 nitrogen and oxygen atoms in total. The first-order chi connectivity index (χ1) is 12.5. The number of rotatable bonds is 6. The SMILES string of the molecule is CC(C)C(=O)Nc1ccc(CNC(=O)C2CC2c2ccccc2Cl)cc1. The largest absolute Gasteiger partial charge is 0.352 e. The van der Waals surface area contributed by atoms with Crippen molar-refractivity contribution >= 4 is 29.1 Å². The third-order valence-corrected chi connectivity index (χ3v) is 4.99. The van der Waals surface area contributed by atoms with Crippen molar-refractivity contribution in [3.63, 3.8) is 0 Å². The van der Waals surface area contributed by atoms with Gasteiger partial charge in [0.1, 0.15) is 0 Å². The van der Waals surface area contributed by atoms with Crippen molar-refractivity contribution in [2.24, 2.45) is 11.8 Å². The van der Waals surface area contributed by atoms with E-state index in [0.29, 0.717) is 6.54 Å². The maximum absolute atomic E-state index is 12.3. The van der Waals surface area contributed by atoms with Gasteiger partial charge in [-0.15, -0.1) is 0 Å². The quantitative estimate of drug-likeness (QED) is 0.793. The number of carbonyl (C=O) groups excluding carboxylic acids is 2. The van der Waals surface area contributed by atoms with Crippen LogP contribution in [0.2, 0.25) is 5.02 Å². The van der Waals surface area contributed by atoms with Crippen LogP contribution in [0.25, 0.3) is 0 Å². The van der Waals surface area contributed by atoms with Gasteiger partial charge in [0, 0.05) is 29.1 Å². The molecule has 1 saturated carbocycles. The average Bonchev–Trinajstić information content (AvgIpc) is 3.42. The van der Waals surface area contributed by atoms with Gasteiger partial charge in [0.05, 0.1) is 0 Å². The van der Waals surface area contributed by atoms with Crippen molar-refractivity contribution in [2.75, 3.05) is 5.32 Å². The van der Waals surface area contributed by atoms with E-state index in [4.69, 9.17) is 11.6 Å². The van der Waals surface area contributed by atoms with Crippen molar-refractivity contribution in [1.82, 2.24) is 5.32 Å². The summed E-state index contributed by atoms with van der Waals surface area (Å²) in [6.45, 7) is 4.18. The molecule has 2 aromatic rings. The molecule has 136 valence electrons. The molecule has 2 atom stereocenters. The zero-order valence-corrected chi connectivity index (χ0v) is 15.7. The molecule has 0 aliphatic heterocycles. The van der Waals surface area contributed by atoms with Crippen LogP contribution in [0.4, 0.5) is 5.69 Å². The first-order valence-corrected chi connectivity index (χ1v) is 9.25. The fraction of sp³-hybridized carbons (Fsp3) is 0.333. The molecule has 0 radical (unpaired) electrons. The lowest BCUT2D eigenvalue weighted by Gasteiger charge is -2.09. The van der Waals surface area contributed by atoms with E-state index >= 15 is 0 Å². The zero-order chi connectivity index (χ0) is 18.7. The molecule has 2 N–H and O–H groups in total. The molecule has 3 rings (SSSR count).